The number of hydrogen-bond donors (Lipinski definition) is 1. The summed E-state index contributed by atoms with van der Waals surface area (Å²) < 4.78 is 4.44. The lowest BCUT2D eigenvalue weighted by Gasteiger charge is -1.95. The maximum atomic E-state index is 11.4. The molecule has 0 aliphatic heterocycles. The van der Waals surface area contributed by atoms with Crippen molar-refractivity contribution in [3.05, 3.63) is 44.7 Å². The van der Waals surface area contributed by atoms with E-state index in [0.717, 1.165) is 0 Å². The summed E-state index contributed by atoms with van der Waals surface area (Å²) >= 11 is 5.50. The van der Waals surface area contributed by atoms with Gasteiger partial charge in [0.1, 0.15) is 0 Å². The molecule has 2 rings (SSSR count). The summed E-state index contributed by atoms with van der Waals surface area (Å²) in [6.07, 6.45) is 0.583. The number of H-pyrrole nitrogens is 1. The van der Waals surface area contributed by atoms with Crippen LogP contribution < -0.4 is 11.4 Å². The van der Waals surface area contributed by atoms with Crippen molar-refractivity contribution in [3.8, 4) is 11.8 Å². The first-order valence-corrected chi connectivity index (χ1v) is 5.46. The monoisotopic (exact) mass is 249 g/mol. The van der Waals surface area contributed by atoms with Gasteiger partial charge in [0, 0.05) is 17.9 Å². The smallest absolute Gasteiger partial charge is 0.372 e. The summed E-state index contributed by atoms with van der Waals surface area (Å²) in [5, 5.41) is 0.308. The minimum atomic E-state index is -0.761. The molecule has 86 valence electrons. The number of nitrogens with one attached hydrogen (secondary N) is 1. The Morgan fingerprint density at radius 2 is 2.18 bits per heavy atom. The van der Waals surface area contributed by atoms with E-state index in [9.17, 15) is 9.59 Å². The molecule has 0 amide bonds. The largest absolute Gasteiger partial charge is 0.419 e. The third-order valence-corrected chi connectivity index (χ3v) is 2.30. The van der Waals surface area contributed by atoms with Gasteiger partial charge in [-0.05, 0) is 18.2 Å². The number of rotatable bonds is 1. The van der Waals surface area contributed by atoms with E-state index in [4.69, 9.17) is 11.6 Å². The van der Waals surface area contributed by atoms with Gasteiger partial charge < -0.3 is 4.42 Å². The molecule has 1 aromatic heterocycles. The highest BCUT2D eigenvalue weighted by atomic mass is 35.5. The molecule has 1 N–H and O–H groups in total. The van der Waals surface area contributed by atoms with Crippen LogP contribution in [0.2, 0.25) is 0 Å². The van der Waals surface area contributed by atoms with Crippen molar-refractivity contribution in [2.24, 2.45) is 0 Å². The molecule has 0 unspecified atom stereocenters. The standard InChI is InChI=1S/C12H8ClNO3/c13-6-2-1-3-8-4-5-10-9(7-8)11(15)17-12(16)14-10/h4-5,7H,2,6H2,(H,14,16). The predicted octanol–water partition coefficient (Wildman–Crippen LogP) is 1.46. The second-order valence-corrected chi connectivity index (χ2v) is 3.68. The van der Waals surface area contributed by atoms with Gasteiger partial charge in [0.15, 0.2) is 0 Å². The molecule has 4 nitrogen and oxygen atoms in total. The Hall–Kier alpha value is -1.99. The molecule has 1 heterocycles. The molecule has 0 aliphatic carbocycles. The van der Waals surface area contributed by atoms with Crippen molar-refractivity contribution in [2.75, 3.05) is 5.88 Å². The van der Waals surface area contributed by atoms with Crippen LogP contribution in [0.3, 0.4) is 0 Å². The molecule has 0 spiro atoms. The maximum absolute atomic E-state index is 11.4. The number of aromatic nitrogens is 1. The fraction of sp³-hybridized carbons (Fsp3) is 0.167. The van der Waals surface area contributed by atoms with E-state index in [1.165, 1.54) is 0 Å². The second-order valence-electron chi connectivity index (χ2n) is 3.30. The predicted molar refractivity (Wildman–Crippen MR) is 65.3 cm³/mol. The average Bonchev–Trinajstić information content (AvgIpc) is 2.30. The molecule has 2 aromatic rings. The van der Waals surface area contributed by atoms with Gasteiger partial charge in [-0.2, -0.15) is 0 Å². The molecule has 0 aliphatic rings. The molecule has 0 bridgehead atoms. The molecule has 0 radical (unpaired) electrons. The van der Waals surface area contributed by atoms with E-state index in [1.54, 1.807) is 18.2 Å². The van der Waals surface area contributed by atoms with Crippen LogP contribution in [0.5, 0.6) is 0 Å². The van der Waals surface area contributed by atoms with E-state index in [2.05, 4.69) is 21.2 Å². The molecule has 0 atom stereocenters. The van der Waals surface area contributed by atoms with Crippen LogP contribution in [0.25, 0.3) is 10.9 Å². The quantitative estimate of drug-likeness (QED) is 0.615. The summed E-state index contributed by atoms with van der Waals surface area (Å²) in [4.78, 5) is 24.8. The molecular formula is C12H8ClNO3. The van der Waals surface area contributed by atoms with E-state index in [-0.39, 0.29) is 0 Å². The van der Waals surface area contributed by atoms with E-state index in [1.807, 2.05) is 0 Å². The number of fused-ring (bicyclic) bond motifs is 1. The number of halogens is 1. The van der Waals surface area contributed by atoms with Crippen LogP contribution in [0.4, 0.5) is 0 Å². The maximum Gasteiger partial charge on any atom is 0.419 e. The lowest BCUT2D eigenvalue weighted by atomic mass is 10.1. The second kappa shape index (κ2) is 4.89. The van der Waals surface area contributed by atoms with Crippen molar-refractivity contribution in [2.45, 2.75) is 6.42 Å². The third-order valence-electron chi connectivity index (χ3n) is 2.11. The average molecular weight is 250 g/mol. The summed E-state index contributed by atoms with van der Waals surface area (Å²) in [5.74, 6) is 5.44. The fourth-order valence-electron chi connectivity index (χ4n) is 1.39. The number of alkyl halides is 1. The Labute approximate surface area is 101 Å². The van der Waals surface area contributed by atoms with Crippen LogP contribution in [0, 0.1) is 11.8 Å². The van der Waals surface area contributed by atoms with Crippen LogP contribution in [-0.2, 0) is 0 Å². The zero-order valence-electron chi connectivity index (χ0n) is 8.75. The number of benzene rings is 1. The minimum absolute atomic E-state index is 0.308. The van der Waals surface area contributed by atoms with Gasteiger partial charge in [-0.1, -0.05) is 11.8 Å². The van der Waals surface area contributed by atoms with Gasteiger partial charge >= 0.3 is 11.4 Å². The van der Waals surface area contributed by atoms with Crippen molar-refractivity contribution >= 4 is 22.5 Å². The normalized spacial score (nSPS) is 9.94. The van der Waals surface area contributed by atoms with Gasteiger partial charge in [-0.15, -0.1) is 11.6 Å². The van der Waals surface area contributed by atoms with Crippen LogP contribution in [0.15, 0.2) is 32.2 Å². The zero-order valence-corrected chi connectivity index (χ0v) is 9.50. The fourth-order valence-corrected chi connectivity index (χ4v) is 1.48. The first-order valence-electron chi connectivity index (χ1n) is 4.93. The van der Waals surface area contributed by atoms with Crippen molar-refractivity contribution in [3.63, 3.8) is 0 Å². The Morgan fingerprint density at radius 3 is 2.94 bits per heavy atom. The Balaban J connectivity index is 2.56. The van der Waals surface area contributed by atoms with Gasteiger partial charge in [-0.3, -0.25) is 4.98 Å². The summed E-state index contributed by atoms with van der Waals surface area (Å²) in [7, 11) is 0. The minimum Gasteiger partial charge on any atom is -0.372 e. The number of aromatic amines is 1. The van der Waals surface area contributed by atoms with E-state index >= 15 is 0 Å². The van der Waals surface area contributed by atoms with Crippen LogP contribution in [0.1, 0.15) is 12.0 Å². The van der Waals surface area contributed by atoms with Crippen LogP contribution >= 0.6 is 11.6 Å². The molecule has 0 fully saturated rings. The first kappa shape index (κ1) is 11.5. The first-order chi connectivity index (χ1) is 8.20. The van der Waals surface area contributed by atoms with Crippen LogP contribution in [-0.4, -0.2) is 10.9 Å². The molecule has 5 heteroatoms. The third kappa shape index (κ3) is 2.58. The zero-order chi connectivity index (χ0) is 12.3. The van der Waals surface area contributed by atoms with E-state index < -0.39 is 11.4 Å². The van der Waals surface area contributed by atoms with E-state index in [0.29, 0.717) is 28.8 Å². The topological polar surface area (TPSA) is 63.1 Å². The summed E-state index contributed by atoms with van der Waals surface area (Å²) in [6, 6.07) is 4.93. The molecule has 0 saturated carbocycles. The number of hydrogen-bond acceptors (Lipinski definition) is 3. The van der Waals surface area contributed by atoms with Gasteiger partial charge in [-0.25, -0.2) is 9.59 Å². The van der Waals surface area contributed by atoms with Gasteiger partial charge in [0.25, 0.3) is 0 Å². The SMILES string of the molecule is O=c1[nH]c2ccc(C#CCCCl)cc2c(=O)o1. The summed E-state index contributed by atoms with van der Waals surface area (Å²) in [5.41, 5.74) is 0.459. The summed E-state index contributed by atoms with van der Waals surface area (Å²) in [6.45, 7) is 0. The molecule has 1 aromatic carbocycles. The molecular weight excluding hydrogens is 242 g/mol. The Kier molecular flexibility index (Phi) is 3.31. The highest BCUT2D eigenvalue weighted by Crippen LogP contribution is 2.07. The molecule has 0 saturated heterocycles. The van der Waals surface area contributed by atoms with Gasteiger partial charge in [0.05, 0.1) is 10.9 Å². The lowest BCUT2D eigenvalue weighted by Crippen LogP contribution is -2.14. The van der Waals surface area contributed by atoms with Crippen molar-refractivity contribution in [1.82, 2.24) is 4.98 Å². The Morgan fingerprint density at radius 1 is 1.35 bits per heavy atom. The van der Waals surface area contributed by atoms with Crippen molar-refractivity contribution < 1.29 is 4.42 Å². The highest BCUT2D eigenvalue weighted by Gasteiger charge is 2.02. The highest BCUT2D eigenvalue weighted by molar-refractivity contribution is 6.18. The van der Waals surface area contributed by atoms with Gasteiger partial charge in [0.2, 0.25) is 0 Å². The van der Waals surface area contributed by atoms with Crippen molar-refractivity contribution in [1.29, 1.82) is 0 Å². The lowest BCUT2D eigenvalue weighted by molar-refractivity contribution is 0.460. The Bertz CT molecular complexity index is 718. The molecule has 17 heavy (non-hydrogen) atoms.